The number of carbonyl (C=O) groups excluding carboxylic acids is 1. The van der Waals surface area contributed by atoms with Crippen molar-refractivity contribution < 1.29 is 19.6 Å². The monoisotopic (exact) mass is 327 g/mol. The quantitative estimate of drug-likeness (QED) is 0.357. The summed E-state index contributed by atoms with van der Waals surface area (Å²) in [5, 5.41) is 22.4. The predicted octanol–water partition coefficient (Wildman–Crippen LogP) is 1.56. The number of nitro benzene ring substituents is 1. The van der Waals surface area contributed by atoms with Crippen molar-refractivity contribution in [1.82, 2.24) is 10.0 Å². The highest BCUT2D eigenvalue weighted by Gasteiger charge is 2.23. The molecule has 1 aromatic carbocycles. The summed E-state index contributed by atoms with van der Waals surface area (Å²) in [6.07, 6.45) is 0.312. The zero-order chi connectivity index (χ0) is 16.5. The fourth-order valence-corrected chi connectivity index (χ4v) is 2.42. The Morgan fingerprint density at radius 2 is 2.09 bits per heavy atom. The number of nitro groups is 1. The maximum Gasteiger partial charge on any atom is 0.305 e. The predicted molar refractivity (Wildman–Crippen MR) is 81.4 cm³/mol. The zero-order valence-corrected chi connectivity index (χ0v) is 12.8. The van der Waals surface area contributed by atoms with Crippen LogP contribution in [0, 0.1) is 10.1 Å². The van der Waals surface area contributed by atoms with Crippen LogP contribution in [0.5, 0.6) is 0 Å². The lowest BCUT2D eigenvalue weighted by Gasteiger charge is -2.15. The molecule has 0 saturated carbocycles. The average Bonchev–Trinajstić information content (AvgIpc) is 2.48. The van der Waals surface area contributed by atoms with Gasteiger partial charge in [-0.1, -0.05) is 19.1 Å². The van der Waals surface area contributed by atoms with Gasteiger partial charge in [0.2, 0.25) is 5.91 Å². The summed E-state index contributed by atoms with van der Waals surface area (Å²) in [5.41, 5.74) is -0.108. The number of hydrogen-bond donors (Lipinski definition) is 3. The standard InChI is InChI=1S/C13H17N3O5S/c1-2-7-14-13(19)9(8-12(17)18)15-22-11-6-4-3-5-10(11)16(20)21/h3-6,9,15H,2,7-8H2,1H3,(H,14,19)(H,17,18). The van der Waals surface area contributed by atoms with Crippen molar-refractivity contribution in [2.75, 3.05) is 6.54 Å². The first kappa shape index (κ1) is 17.9. The maximum absolute atomic E-state index is 11.9. The molecular formula is C13H17N3O5S. The molecule has 1 atom stereocenters. The lowest BCUT2D eigenvalue weighted by molar-refractivity contribution is -0.387. The Balaban J connectivity index is 2.76. The van der Waals surface area contributed by atoms with E-state index in [4.69, 9.17) is 5.11 Å². The lowest BCUT2D eigenvalue weighted by atomic mass is 10.2. The van der Waals surface area contributed by atoms with E-state index in [1.165, 1.54) is 18.2 Å². The fraction of sp³-hybridized carbons (Fsp3) is 0.385. The third kappa shape index (κ3) is 5.70. The molecular weight excluding hydrogens is 310 g/mol. The van der Waals surface area contributed by atoms with E-state index in [2.05, 4.69) is 10.0 Å². The smallest absolute Gasteiger partial charge is 0.305 e. The molecule has 0 radical (unpaired) electrons. The van der Waals surface area contributed by atoms with Gasteiger partial charge >= 0.3 is 5.97 Å². The third-order valence-electron chi connectivity index (χ3n) is 2.62. The number of benzene rings is 1. The molecule has 0 aliphatic carbocycles. The van der Waals surface area contributed by atoms with E-state index in [9.17, 15) is 19.7 Å². The number of carbonyl (C=O) groups is 2. The number of carboxylic acid groups (broad SMARTS) is 1. The molecule has 120 valence electrons. The van der Waals surface area contributed by atoms with Crippen molar-refractivity contribution in [3.05, 3.63) is 34.4 Å². The van der Waals surface area contributed by atoms with Gasteiger partial charge in [-0.05, 0) is 24.4 Å². The minimum Gasteiger partial charge on any atom is -0.481 e. The molecule has 1 aromatic rings. The lowest BCUT2D eigenvalue weighted by Crippen LogP contribution is -2.43. The molecule has 22 heavy (non-hydrogen) atoms. The number of hydrogen-bond acceptors (Lipinski definition) is 6. The number of nitrogens with zero attached hydrogens (tertiary/aromatic N) is 1. The summed E-state index contributed by atoms with van der Waals surface area (Å²) in [5.74, 6) is -1.58. The Morgan fingerprint density at radius 1 is 1.41 bits per heavy atom. The van der Waals surface area contributed by atoms with E-state index in [1.807, 2.05) is 6.92 Å². The van der Waals surface area contributed by atoms with Gasteiger partial charge in [-0.25, -0.2) is 4.72 Å². The van der Waals surface area contributed by atoms with Gasteiger partial charge in [-0.2, -0.15) is 0 Å². The van der Waals surface area contributed by atoms with Crippen LogP contribution in [0.15, 0.2) is 29.2 Å². The summed E-state index contributed by atoms with van der Waals surface area (Å²) < 4.78 is 2.69. The molecule has 3 N–H and O–H groups in total. The van der Waals surface area contributed by atoms with E-state index >= 15 is 0 Å². The largest absolute Gasteiger partial charge is 0.481 e. The average molecular weight is 327 g/mol. The summed E-state index contributed by atoms with van der Waals surface area (Å²) in [4.78, 5) is 33.4. The summed E-state index contributed by atoms with van der Waals surface area (Å²) in [6, 6.07) is 5.05. The number of carboxylic acids is 1. The van der Waals surface area contributed by atoms with Gasteiger partial charge in [-0.3, -0.25) is 19.7 Å². The number of amides is 1. The van der Waals surface area contributed by atoms with E-state index < -0.39 is 29.3 Å². The number of nitrogens with one attached hydrogen (secondary N) is 2. The Bertz CT molecular complexity index is 552. The van der Waals surface area contributed by atoms with Crippen LogP contribution >= 0.6 is 11.9 Å². The third-order valence-corrected chi connectivity index (χ3v) is 3.59. The van der Waals surface area contributed by atoms with E-state index in [0.29, 0.717) is 11.4 Å². The van der Waals surface area contributed by atoms with E-state index in [1.54, 1.807) is 6.07 Å². The Hall–Kier alpha value is -2.13. The van der Waals surface area contributed by atoms with Crippen molar-refractivity contribution in [2.24, 2.45) is 0 Å². The highest BCUT2D eigenvalue weighted by molar-refractivity contribution is 7.97. The second kappa shape index (κ2) is 9.00. The van der Waals surface area contributed by atoms with Gasteiger partial charge in [0.05, 0.1) is 11.3 Å². The van der Waals surface area contributed by atoms with Crippen molar-refractivity contribution in [3.8, 4) is 0 Å². The first-order valence-electron chi connectivity index (χ1n) is 6.61. The van der Waals surface area contributed by atoms with Crippen LogP contribution < -0.4 is 10.0 Å². The highest BCUT2D eigenvalue weighted by atomic mass is 32.2. The first-order valence-corrected chi connectivity index (χ1v) is 7.42. The van der Waals surface area contributed by atoms with E-state index in [-0.39, 0.29) is 5.69 Å². The van der Waals surface area contributed by atoms with Crippen molar-refractivity contribution in [1.29, 1.82) is 0 Å². The summed E-state index contributed by atoms with van der Waals surface area (Å²) in [7, 11) is 0. The molecule has 1 unspecified atom stereocenters. The van der Waals surface area contributed by atoms with Gasteiger partial charge in [0.25, 0.3) is 5.69 Å². The number of aliphatic carboxylic acids is 1. The summed E-state index contributed by atoms with van der Waals surface area (Å²) >= 11 is 0.871. The molecule has 1 rings (SSSR count). The van der Waals surface area contributed by atoms with Gasteiger partial charge in [0, 0.05) is 12.6 Å². The Morgan fingerprint density at radius 3 is 2.68 bits per heavy atom. The zero-order valence-electron chi connectivity index (χ0n) is 11.9. The topological polar surface area (TPSA) is 122 Å². The second-order valence-corrected chi connectivity index (χ2v) is 5.27. The normalized spacial score (nSPS) is 11.7. The number of rotatable bonds is 9. The molecule has 1 amide bonds. The van der Waals surface area contributed by atoms with Crippen LogP contribution in [0.3, 0.4) is 0 Å². The highest BCUT2D eigenvalue weighted by Crippen LogP contribution is 2.27. The summed E-state index contributed by atoms with van der Waals surface area (Å²) in [6.45, 7) is 2.31. The molecule has 9 heteroatoms. The van der Waals surface area contributed by atoms with Gasteiger partial charge < -0.3 is 10.4 Å². The Kier molecular flexibility index (Phi) is 7.33. The van der Waals surface area contributed by atoms with Gasteiger partial charge in [0.15, 0.2) is 0 Å². The van der Waals surface area contributed by atoms with Gasteiger partial charge in [-0.15, -0.1) is 0 Å². The van der Waals surface area contributed by atoms with Crippen LogP contribution in [0.4, 0.5) is 5.69 Å². The Labute approximate surface area is 131 Å². The molecule has 0 spiro atoms. The van der Waals surface area contributed by atoms with Crippen molar-refractivity contribution in [2.45, 2.75) is 30.7 Å². The number of para-hydroxylation sites is 1. The molecule has 0 bridgehead atoms. The van der Waals surface area contributed by atoms with Crippen molar-refractivity contribution in [3.63, 3.8) is 0 Å². The van der Waals surface area contributed by atoms with E-state index in [0.717, 1.165) is 18.4 Å². The molecule has 0 aliphatic rings. The van der Waals surface area contributed by atoms with Crippen LogP contribution in [-0.2, 0) is 9.59 Å². The molecule has 0 heterocycles. The molecule has 0 aliphatic heterocycles. The van der Waals surface area contributed by atoms with Crippen molar-refractivity contribution >= 4 is 29.5 Å². The second-order valence-electron chi connectivity index (χ2n) is 4.39. The van der Waals surface area contributed by atoms with Gasteiger partial charge in [0.1, 0.15) is 10.9 Å². The van der Waals surface area contributed by atoms with Crippen LogP contribution in [0.1, 0.15) is 19.8 Å². The fourth-order valence-electron chi connectivity index (χ4n) is 1.56. The minimum atomic E-state index is -1.13. The maximum atomic E-state index is 11.9. The molecule has 8 nitrogen and oxygen atoms in total. The molecule has 0 saturated heterocycles. The molecule has 0 fully saturated rings. The van der Waals surface area contributed by atoms with Crippen LogP contribution in [-0.4, -0.2) is 34.5 Å². The minimum absolute atomic E-state index is 0.108. The van der Waals surface area contributed by atoms with Crippen LogP contribution in [0.25, 0.3) is 0 Å². The molecule has 0 aromatic heterocycles. The van der Waals surface area contributed by atoms with Crippen LogP contribution in [0.2, 0.25) is 0 Å². The first-order chi connectivity index (χ1) is 10.5. The SMILES string of the molecule is CCCNC(=O)C(CC(=O)O)NSc1ccccc1[N+](=O)[O-].